The smallest absolute Gasteiger partial charge is 0.225 e. The number of aromatic nitrogens is 2. The number of anilines is 1. The van der Waals surface area contributed by atoms with E-state index >= 15 is 0 Å². The number of nitrogens with zero attached hydrogens (tertiary/aromatic N) is 3. The highest BCUT2D eigenvalue weighted by Gasteiger charge is 2.10. The van der Waals surface area contributed by atoms with E-state index < -0.39 is 0 Å². The Bertz CT molecular complexity index is 265. The summed E-state index contributed by atoms with van der Waals surface area (Å²) in [6, 6.07) is 0.252. The molecule has 0 spiro atoms. The third-order valence-electron chi connectivity index (χ3n) is 1.81. The SMILES string of the molecule is CC(CCl)N(C)c1ncc(I)cn1. The average molecular weight is 312 g/mol. The molecule has 13 heavy (non-hydrogen) atoms. The van der Waals surface area contributed by atoms with Gasteiger partial charge >= 0.3 is 0 Å². The Hall–Kier alpha value is -0.100. The highest BCUT2D eigenvalue weighted by atomic mass is 127. The Morgan fingerprint density at radius 1 is 1.54 bits per heavy atom. The van der Waals surface area contributed by atoms with Crippen molar-refractivity contribution in [2.45, 2.75) is 13.0 Å². The minimum Gasteiger partial charge on any atom is -0.340 e. The minimum atomic E-state index is 0.252. The maximum atomic E-state index is 5.73. The summed E-state index contributed by atoms with van der Waals surface area (Å²) >= 11 is 7.91. The van der Waals surface area contributed by atoms with Crippen LogP contribution in [0.15, 0.2) is 12.4 Å². The second-order valence-corrected chi connectivity index (χ2v) is 4.37. The molecule has 0 bridgehead atoms. The normalized spacial score (nSPS) is 12.6. The molecule has 1 aromatic heterocycles. The van der Waals surface area contributed by atoms with Gasteiger partial charge in [0.2, 0.25) is 5.95 Å². The van der Waals surface area contributed by atoms with E-state index in [1.54, 1.807) is 12.4 Å². The molecule has 5 heteroatoms. The zero-order chi connectivity index (χ0) is 9.84. The predicted molar refractivity (Wildman–Crippen MR) is 63.3 cm³/mol. The summed E-state index contributed by atoms with van der Waals surface area (Å²) in [4.78, 5) is 10.4. The third-order valence-corrected chi connectivity index (χ3v) is 2.81. The molecular formula is C8H11ClIN3. The molecule has 0 saturated heterocycles. The average Bonchev–Trinajstić information content (AvgIpc) is 2.17. The van der Waals surface area contributed by atoms with Gasteiger partial charge in [0.1, 0.15) is 0 Å². The van der Waals surface area contributed by atoms with Crippen LogP contribution in [-0.2, 0) is 0 Å². The first-order valence-corrected chi connectivity index (χ1v) is 5.53. The molecule has 0 N–H and O–H groups in total. The van der Waals surface area contributed by atoms with Crippen LogP contribution < -0.4 is 4.90 Å². The summed E-state index contributed by atoms with van der Waals surface area (Å²) in [5, 5.41) is 0. The maximum Gasteiger partial charge on any atom is 0.225 e. The Morgan fingerprint density at radius 2 is 2.08 bits per heavy atom. The fourth-order valence-corrected chi connectivity index (χ4v) is 1.27. The van der Waals surface area contributed by atoms with Crippen molar-refractivity contribution in [1.82, 2.24) is 9.97 Å². The van der Waals surface area contributed by atoms with Gasteiger partial charge in [0.25, 0.3) is 0 Å². The number of alkyl halides is 1. The van der Waals surface area contributed by atoms with Gasteiger partial charge in [0.05, 0.1) is 0 Å². The molecule has 0 amide bonds. The molecule has 0 aliphatic heterocycles. The highest BCUT2D eigenvalue weighted by Crippen LogP contribution is 2.10. The fraction of sp³-hybridized carbons (Fsp3) is 0.500. The largest absolute Gasteiger partial charge is 0.340 e. The Balaban J connectivity index is 2.77. The molecule has 0 radical (unpaired) electrons. The van der Waals surface area contributed by atoms with Gasteiger partial charge < -0.3 is 4.90 Å². The van der Waals surface area contributed by atoms with Crippen LogP contribution >= 0.6 is 34.2 Å². The van der Waals surface area contributed by atoms with Gasteiger partial charge in [-0.3, -0.25) is 0 Å². The van der Waals surface area contributed by atoms with Gasteiger partial charge in [-0.2, -0.15) is 0 Å². The quantitative estimate of drug-likeness (QED) is 0.633. The first-order valence-electron chi connectivity index (χ1n) is 3.91. The topological polar surface area (TPSA) is 29.0 Å². The number of halogens is 2. The van der Waals surface area contributed by atoms with Crippen LogP contribution in [0.3, 0.4) is 0 Å². The van der Waals surface area contributed by atoms with E-state index in [0.717, 1.165) is 3.57 Å². The van der Waals surface area contributed by atoms with E-state index in [1.807, 2.05) is 18.9 Å². The van der Waals surface area contributed by atoms with Crippen LogP contribution in [0.1, 0.15) is 6.92 Å². The molecule has 1 heterocycles. The third kappa shape index (κ3) is 2.95. The van der Waals surface area contributed by atoms with Crippen LogP contribution in [0.5, 0.6) is 0 Å². The van der Waals surface area contributed by atoms with Crippen molar-refractivity contribution in [2.24, 2.45) is 0 Å². The van der Waals surface area contributed by atoms with Gasteiger partial charge in [-0.05, 0) is 29.5 Å². The van der Waals surface area contributed by atoms with E-state index in [2.05, 4.69) is 32.6 Å². The molecular weight excluding hydrogens is 300 g/mol. The summed E-state index contributed by atoms with van der Waals surface area (Å²) in [6.45, 7) is 2.04. The van der Waals surface area contributed by atoms with E-state index in [0.29, 0.717) is 11.8 Å². The van der Waals surface area contributed by atoms with Crippen molar-refractivity contribution in [2.75, 3.05) is 17.8 Å². The van der Waals surface area contributed by atoms with E-state index in [9.17, 15) is 0 Å². The number of hydrogen-bond acceptors (Lipinski definition) is 3. The van der Waals surface area contributed by atoms with Gasteiger partial charge in [-0.25, -0.2) is 9.97 Å². The van der Waals surface area contributed by atoms with E-state index in [1.165, 1.54) is 0 Å². The monoisotopic (exact) mass is 311 g/mol. The van der Waals surface area contributed by atoms with Gasteiger partial charge in [-0.15, -0.1) is 11.6 Å². The summed E-state index contributed by atoms with van der Waals surface area (Å²) in [7, 11) is 1.94. The summed E-state index contributed by atoms with van der Waals surface area (Å²) in [5.41, 5.74) is 0. The Kier molecular flexibility index (Phi) is 4.18. The Labute approximate surface area is 96.7 Å². The standard InChI is InChI=1S/C8H11ClIN3/c1-6(3-9)13(2)8-11-4-7(10)5-12-8/h4-6H,3H2,1-2H3. The second-order valence-electron chi connectivity index (χ2n) is 2.82. The molecule has 0 saturated carbocycles. The van der Waals surface area contributed by atoms with Crippen LogP contribution in [0.4, 0.5) is 5.95 Å². The number of hydrogen-bond donors (Lipinski definition) is 0. The fourth-order valence-electron chi connectivity index (χ4n) is 0.788. The maximum absolute atomic E-state index is 5.73. The molecule has 3 nitrogen and oxygen atoms in total. The van der Waals surface area contributed by atoms with Crippen molar-refractivity contribution < 1.29 is 0 Å². The van der Waals surface area contributed by atoms with Crippen molar-refractivity contribution >= 4 is 40.1 Å². The predicted octanol–water partition coefficient (Wildman–Crippen LogP) is 2.14. The molecule has 0 aliphatic rings. The van der Waals surface area contributed by atoms with E-state index in [-0.39, 0.29) is 6.04 Å². The molecule has 1 atom stereocenters. The van der Waals surface area contributed by atoms with Crippen molar-refractivity contribution in [3.63, 3.8) is 0 Å². The van der Waals surface area contributed by atoms with Gasteiger partial charge in [0.15, 0.2) is 0 Å². The molecule has 0 aromatic carbocycles. The first kappa shape index (κ1) is 11.0. The second kappa shape index (κ2) is 4.95. The summed E-state index contributed by atoms with van der Waals surface area (Å²) in [6.07, 6.45) is 3.58. The van der Waals surface area contributed by atoms with Crippen molar-refractivity contribution in [3.8, 4) is 0 Å². The lowest BCUT2D eigenvalue weighted by atomic mass is 10.3. The lowest BCUT2D eigenvalue weighted by Crippen LogP contribution is -2.31. The zero-order valence-corrected chi connectivity index (χ0v) is 10.5. The summed E-state index contributed by atoms with van der Waals surface area (Å²) in [5.74, 6) is 1.29. The molecule has 1 unspecified atom stereocenters. The minimum absolute atomic E-state index is 0.252. The molecule has 0 fully saturated rings. The Morgan fingerprint density at radius 3 is 2.54 bits per heavy atom. The lowest BCUT2D eigenvalue weighted by molar-refractivity contribution is 0.734. The lowest BCUT2D eigenvalue weighted by Gasteiger charge is -2.22. The van der Waals surface area contributed by atoms with Crippen molar-refractivity contribution in [1.29, 1.82) is 0 Å². The van der Waals surface area contributed by atoms with Crippen LogP contribution in [0, 0.1) is 3.57 Å². The molecule has 0 aliphatic carbocycles. The first-order chi connectivity index (χ1) is 6.15. The zero-order valence-electron chi connectivity index (χ0n) is 7.54. The number of rotatable bonds is 3. The molecule has 1 rings (SSSR count). The van der Waals surface area contributed by atoms with Crippen LogP contribution in [0.2, 0.25) is 0 Å². The van der Waals surface area contributed by atoms with Gasteiger partial charge in [-0.1, -0.05) is 0 Å². The summed E-state index contributed by atoms with van der Waals surface area (Å²) < 4.78 is 1.04. The molecule has 72 valence electrons. The van der Waals surface area contributed by atoms with Crippen molar-refractivity contribution in [3.05, 3.63) is 16.0 Å². The van der Waals surface area contributed by atoms with Gasteiger partial charge in [0, 0.05) is 34.9 Å². The van der Waals surface area contributed by atoms with E-state index in [4.69, 9.17) is 11.6 Å². The molecule has 1 aromatic rings. The van der Waals surface area contributed by atoms with Crippen LogP contribution in [-0.4, -0.2) is 28.9 Å². The highest BCUT2D eigenvalue weighted by molar-refractivity contribution is 14.1. The van der Waals surface area contributed by atoms with Crippen LogP contribution in [0.25, 0.3) is 0 Å².